The number of carbonyl (C=O) groups is 1. The van der Waals surface area contributed by atoms with E-state index < -0.39 is 0 Å². The highest BCUT2D eigenvalue weighted by molar-refractivity contribution is 5.87. The minimum Gasteiger partial charge on any atom is -0.384 e. The molecule has 2 N–H and O–H groups in total. The smallest absolute Gasteiger partial charge is 0.222 e. The number of fused-ring (bicyclic) bond motifs is 1. The van der Waals surface area contributed by atoms with Gasteiger partial charge < -0.3 is 15.5 Å². The Bertz CT molecular complexity index is 771. The SMILES string of the molecule is Nc1ccc2c(N3CCC(CN4CCCCC4=O)CC3)ncnc2n1. The summed E-state index contributed by atoms with van der Waals surface area (Å²) in [6.45, 7) is 3.74. The molecule has 0 radical (unpaired) electrons. The third-order valence-electron chi connectivity index (χ3n) is 5.31. The molecule has 7 nitrogen and oxygen atoms in total. The van der Waals surface area contributed by atoms with E-state index in [-0.39, 0.29) is 0 Å². The van der Waals surface area contributed by atoms with Gasteiger partial charge in [-0.1, -0.05) is 0 Å². The van der Waals surface area contributed by atoms with Crippen molar-refractivity contribution in [2.24, 2.45) is 5.92 Å². The van der Waals surface area contributed by atoms with Crippen LogP contribution in [-0.4, -0.2) is 51.9 Å². The van der Waals surface area contributed by atoms with Gasteiger partial charge in [0.25, 0.3) is 0 Å². The van der Waals surface area contributed by atoms with Crippen LogP contribution in [0.2, 0.25) is 0 Å². The summed E-state index contributed by atoms with van der Waals surface area (Å²) in [5, 5.41) is 0.946. The van der Waals surface area contributed by atoms with Crippen LogP contribution in [0.5, 0.6) is 0 Å². The summed E-state index contributed by atoms with van der Waals surface area (Å²) < 4.78 is 0. The van der Waals surface area contributed by atoms with E-state index in [9.17, 15) is 4.79 Å². The summed E-state index contributed by atoms with van der Waals surface area (Å²) in [7, 11) is 0. The molecule has 2 aliphatic rings. The molecule has 0 atom stereocenters. The second-order valence-electron chi connectivity index (χ2n) is 7.03. The summed E-state index contributed by atoms with van der Waals surface area (Å²) in [5.74, 6) is 2.33. The van der Waals surface area contributed by atoms with Crippen molar-refractivity contribution < 1.29 is 4.79 Å². The number of nitrogens with zero attached hydrogens (tertiary/aromatic N) is 5. The number of amides is 1. The number of hydrogen-bond donors (Lipinski definition) is 1. The number of piperidine rings is 2. The van der Waals surface area contributed by atoms with Gasteiger partial charge in [-0.3, -0.25) is 4.79 Å². The van der Waals surface area contributed by atoms with E-state index in [1.54, 1.807) is 12.4 Å². The van der Waals surface area contributed by atoms with Crippen molar-refractivity contribution in [3.63, 3.8) is 0 Å². The quantitative estimate of drug-likeness (QED) is 0.917. The average molecular weight is 340 g/mol. The maximum absolute atomic E-state index is 12.0. The summed E-state index contributed by atoms with van der Waals surface area (Å²) in [6.07, 6.45) is 6.64. The predicted octanol–water partition coefficient (Wildman–Crippen LogP) is 1.84. The zero-order valence-electron chi connectivity index (χ0n) is 14.4. The fraction of sp³-hybridized carbons (Fsp3) is 0.556. The summed E-state index contributed by atoms with van der Waals surface area (Å²) in [5.41, 5.74) is 6.40. The minimum absolute atomic E-state index is 0.333. The minimum atomic E-state index is 0.333. The fourth-order valence-electron chi connectivity index (χ4n) is 3.89. The average Bonchev–Trinajstić information content (AvgIpc) is 2.63. The lowest BCUT2D eigenvalue weighted by molar-refractivity contribution is -0.134. The molecule has 0 saturated carbocycles. The van der Waals surface area contributed by atoms with Gasteiger partial charge in [0.2, 0.25) is 5.91 Å². The second kappa shape index (κ2) is 6.82. The van der Waals surface area contributed by atoms with Crippen LogP contribution >= 0.6 is 0 Å². The number of nitrogen functional groups attached to an aromatic ring is 1. The number of likely N-dealkylation sites (tertiary alicyclic amines) is 1. The van der Waals surface area contributed by atoms with Crippen LogP contribution in [0.3, 0.4) is 0 Å². The van der Waals surface area contributed by atoms with Crippen LogP contribution in [-0.2, 0) is 4.79 Å². The number of nitrogens with two attached hydrogens (primary N) is 1. The molecule has 2 fully saturated rings. The topological polar surface area (TPSA) is 88.2 Å². The molecule has 25 heavy (non-hydrogen) atoms. The van der Waals surface area contributed by atoms with E-state index in [0.29, 0.717) is 23.3 Å². The molecular weight excluding hydrogens is 316 g/mol. The Morgan fingerprint density at radius 3 is 2.76 bits per heavy atom. The number of rotatable bonds is 3. The van der Waals surface area contributed by atoms with E-state index in [4.69, 9.17) is 5.73 Å². The maximum atomic E-state index is 12.0. The van der Waals surface area contributed by atoms with Crippen LogP contribution in [0.1, 0.15) is 32.1 Å². The van der Waals surface area contributed by atoms with Gasteiger partial charge >= 0.3 is 0 Å². The van der Waals surface area contributed by atoms with Crippen molar-refractivity contribution in [2.45, 2.75) is 32.1 Å². The second-order valence-corrected chi connectivity index (χ2v) is 7.03. The van der Waals surface area contributed by atoms with Crippen molar-refractivity contribution in [3.05, 3.63) is 18.5 Å². The molecule has 1 amide bonds. The highest BCUT2D eigenvalue weighted by Crippen LogP contribution is 2.28. The molecule has 4 heterocycles. The van der Waals surface area contributed by atoms with Gasteiger partial charge in [0.05, 0.1) is 5.39 Å². The van der Waals surface area contributed by atoms with E-state index in [1.165, 1.54) is 0 Å². The largest absolute Gasteiger partial charge is 0.384 e. The predicted molar refractivity (Wildman–Crippen MR) is 97.1 cm³/mol. The van der Waals surface area contributed by atoms with E-state index in [1.807, 2.05) is 6.07 Å². The van der Waals surface area contributed by atoms with Gasteiger partial charge in [-0.2, -0.15) is 0 Å². The molecule has 0 aromatic carbocycles. The van der Waals surface area contributed by atoms with Crippen LogP contribution in [0.15, 0.2) is 18.5 Å². The highest BCUT2D eigenvalue weighted by atomic mass is 16.2. The van der Waals surface area contributed by atoms with Crippen molar-refractivity contribution in [1.29, 1.82) is 0 Å². The maximum Gasteiger partial charge on any atom is 0.222 e. The third kappa shape index (κ3) is 3.36. The van der Waals surface area contributed by atoms with Crippen LogP contribution in [0, 0.1) is 5.92 Å². The Morgan fingerprint density at radius 2 is 1.96 bits per heavy atom. The molecular formula is C18H24N6O. The molecule has 0 aliphatic carbocycles. The Balaban J connectivity index is 1.43. The lowest BCUT2D eigenvalue weighted by Gasteiger charge is -2.36. The van der Waals surface area contributed by atoms with Gasteiger partial charge in [-0.05, 0) is 43.7 Å². The van der Waals surface area contributed by atoms with Crippen molar-refractivity contribution >= 4 is 28.6 Å². The number of hydrogen-bond acceptors (Lipinski definition) is 6. The molecule has 2 aromatic rings. The zero-order valence-corrected chi connectivity index (χ0v) is 14.4. The third-order valence-corrected chi connectivity index (χ3v) is 5.31. The molecule has 4 rings (SSSR count). The molecule has 2 aromatic heterocycles. The molecule has 7 heteroatoms. The fourth-order valence-corrected chi connectivity index (χ4v) is 3.89. The summed E-state index contributed by atoms with van der Waals surface area (Å²) in [4.78, 5) is 29.4. The summed E-state index contributed by atoms with van der Waals surface area (Å²) >= 11 is 0. The molecule has 0 bridgehead atoms. The van der Waals surface area contributed by atoms with E-state index in [2.05, 4.69) is 24.8 Å². The monoisotopic (exact) mass is 340 g/mol. The van der Waals surface area contributed by atoms with Crippen LogP contribution in [0.25, 0.3) is 11.0 Å². The Morgan fingerprint density at radius 1 is 1.12 bits per heavy atom. The zero-order chi connectivity index (χ0) is 17.2. The van der Waals surface area contributed by atoms with Gasteiger partial charge in [0.15, 0.2) is 5.65 Å². The molecule has 0 spiro atoms. The van der Waals surface area contributed by atoms with E-state index in [0.717, 1.165) is 69.5 Å². The Labute approximate surface area is 147 Å². The lowest BCUT2D eigenvalue weighted by Crippen LogP contribution is -2.43. The van der Waals surface area contributed by atoms with Crippen LogP contribution < -0.4 is 10.6 Å². The first-order valence-corrected chi connectivity index (χ1v) is 9.10. The van der Waals surface area contributed by atoms with Crippen molar-refractivity contribution in [3.8, 4) is 0 Å². The normalized spacial score (nSPS) is 19.6. The number of pyridine rings is 1. The molecule has 132 valence electrons. The number of carbonyl (C=O) groups excluding carboxylic acids is 1. The first kappa shape index (κ1) is 16.1. The standard InChI is InChI=1S/C18H24N6O/c19-15-5-4-14-17(22-15)20-12-21-18(14)23-9-6-13(7-10-23)11-24-8-2-1-3-16(24)25/h4-5,12-13H,1-3,6-11H2,(H2,19,20,21,22). The lowest BCUT2D eigenvalue weighted by atomic mass is 9.95. The first-order chi connectivity index (χ1) is 12.2. The van der Waals surface area contributed by atoms with Gasteiger partial charge in [-0.15, -0.1) is 0 Å². The van der Waals surface area contributed by atoms with Gasteiger partial charge in [0, 0.05) is 32.6 Å². The van der Waals surface area contributed by atoms with Gasteiger partial charge in [-0.25, -0.2) is 15.0 Å². The first-order valence-electron chi connectivity index (χ1n) is 9.10. The number of anilines is 2. The van der Waals surface area contributed by atoms with E-state index >= 15 is 0 Å². The molecule has 2 saturated heterocycles. The Hall–Kier alpha value is -2.44. The summed E-state index contributed by atoms with van der Waals surface area (Å²) in [6, 6.07) is 3.75. The number of aromatic nitrogens is 3. The molecule has 0 unspecified atom stereocenters. The van der Waals surface area contributed by atoms with Crippen molar-refractivity contribution in [1.82, 2.24) is 19.9 Å². The highest BCUT2D eigenvalue weighted by Gasteiger charge is 2.26. The van der Waals surface area contributed by atoms with Crippen molar-refractivity contribution in [2.75, 3.05) is 36.8 Å². The van der Waals surface area contributed by atoms with Gasteiger partial charge in [0.1, 0.15) is 18.0 Å². The van der Waals surface area contributed by atoms with Crippen LogP contribution in [0.4, 0.5) is 11.6 Å². The molecule has 2 aliphatic heterocycles. The Kier molecular flexibility index (Phi) is 4.38.